The average Bonchev–Trinajstić information content (AvgIpc) is 2.47. The van der Waals surface area contributed by atoms with Crippen LogP contribution in [-0.4, -0.2) is 37.8 Å². The van der Waals surface area contributed by atoms with Crippen molar-refractivity contribution in [2.75, 3.05) is 6.54 Å². The number of tetrazole rings is 1. The predicted molar refractivity (Wildman–Crippen MR) is 42.8 cm³/mol. The lowest BCUT2D eigenvalue weighted by atomic mass is 10.1. The van der Waals surface area contributed by atoms with E-state index >= 15 is 0 Å². The van der Waals surface area contributed by atoms with Crippen molar-refractivity contribution < 1.29 is 9.90 Å². The zero-order valence-electron chi connectivity index (χ0n) is 7.21. The van der Waals surface area contributed by atoms with E-state index in [0.29, 0.717) is 5.82 Å². The summed E-state index contributed by atoms with van der Waals surface area (Å²) in [4.78, 5) is 11.7. The molecule has 1 aromatic rings. The van der Waals surface area contributed by atoms with Crippen LogP contribution in [0.3, 0.4) is 0 Å². The van der Waals surface area contributed by atoms with Crippen molar-refractivity contribution in [2.24, 2.45) is 12.8 Å². The molecule has 1 atom stereocenters. The number of carbonyl (C=O) groups is 1. The van der Waals surface area contributed by atoms with Crippen molar-refractivity contribution in [1.29, 1.82) is 0 Å². The Kier molecular flexibility index (Phi) is 2.91. The summed E-state index contributed by atoms with van der Waals surface area (Å²) < 4.78 is 0. The Morgan fingerprint density at radius 3 is 2.85 bits per heavy atom. The molecular weight excluding hydrogens is 174 g/mol. The van der Waals surface area contributed by atoms with Gasteiger partial charge in [-0.15, -0.1) is 10.2 Å². The normalized spacial score (nSPS) is 12.8. The second-order valence-corrected chi connectivity index (χ2v) is 2.67. The molecule has 1 unspecified atom stereocenters. The number of hydrogen-bond acceptors (Lipinski definition) is 5. The second kappa shape index (κ2) is 3.94. The van der Waals surface area contributed by atoms with E-state index in [-0.39, 0.29) is 18.9 Å². The molecule has 0 spiro atoms. The topological polar surface area (TPSA) is 107 Å². The highest BCUT2D eigenvalue weighted by Crippen LogP contribution is 2.12. The maximum absolute atomic E-state index is 10.4. The van der Waals surface area contributed by atoms with Crippen molar-refractivity contribution >= 4 is 5.97 Å². The summed E-state index contributed by atoms with van der Waals surface area (Å²) in [7, 11) is 1.62. The average molecular weight is 185 g/mol. The molecule has 0 aliphatic carbocycles. The highest BCUT2D eigenvalue weighted by Gasteiger charge is 2.18. The lowest BCUT2D eigenvalue weighted by molar-refractivity contribution is -0.137. The fourth-order valence-electron chi connectivity index (χ4n) is 0.953. The second-order valence-electron chi connectivity index (χ2n) is 2.67. The Hall–Kier alpha value is -1.50. The molecule has 7 nitrogen and oxygen atoms in total. The standard InChI is InChI=1S/C6H11N5O2/c1-11-9-6(8-10-11)4(3-7)2-5(12)13/h4H,2-3,7H2,1H3,(H,12,13). The van der Waals surface area contributed by atoms with E-state index in [1.54, 1.807) is 7.05 Å². The minimum atomic E-state index is -0.914. The first-order valence-electron chi connectivity index (χ1n) is 3.79. The van der Waals surface area contributed by atoms with Gasteiger partial charge >= 0.3 is 5.97 Å². The minimum Gasteiger partial charge on any atom is -0.481 e. The molecule has 0 amide bonds. The fraction of sp³-hybridized carbons (Fsp3) is 0.667. The third kappa shape index (κ3) is 2.48. The van der Waals surface area contributed by atoms with E-state index in [0.717, 1.165) is 0 Å². The summed E-state index contributed by atoms with van der Waals surface area (Å²) in [6.07, 6.45) is -0.0673. The van der Waals surface area contributed by atoms with Gasteiger partial charge in [0.15, 0.2) is 5.82 Å². The van der Waals surface area contributed by atoms with Gasteiger partial charge in [-0.3, -0.25) is 4.79 Å². The number of aromatic nitrogens is 4. The number of carboxylic acids is 1. The lowest BCUT2D eigenvalue weighted by Crippen LogP contribution is -2.17. The van der Waals surface area contributed by atoms with E-state index in [9.17, 15) is 4.79 Å². The number of carboxylic acid groups (broad SMARTS) is 1. The molecule has 0 aliphatic rings. The molecular formula is C6H11N5O2. The molecule has 72 valence electrons. The van der Waals surface area contributed by atoms with Gasteiger partial charge in [0.1, 0.15) is 0 Å². The molecule has 1 heterocycles. The van der Waals surface area contributed by atoms with E-state index in [1.165, 1.54) is 4.80 Å². The fourth-order valence-corrected chi connectivity index (χ4v) is 0.953. The van der Waals surface area contributed by atoms with Crippen LogP contribution in [0.15, 0.2) is 0 Å². The minimum absolute atomic E-state index is 0.0673. The van der Waals surface area contributed by atoms with Crippen molar-refractivity contribution in [3.05, 3.63) is 5.82 Å². The third-order valence-corrected chi connectivity index (χ3v) is 1.59. The number of aliphatic carboxylic acids is 1. The van der Waals surface area contributed by atoms with E-state index in [1.807, 2.05) is 0 Å². The van der Waals surface area contributed by atoms with Gasteiger partial charge in [-0.05, 0) is 5.21 Å². The van der Waals surface area contributed by atoms with Gasteiger partial charge in [0.25, 0.3) is 0 Å². The molecule has 0 saturated heterocycles. The van der Waals surface area contributed by atoms with Crippen LogP contribution in [0.25, 0.3) is 0 Å². The van der Waals surface area contributed by atoms with E-state index < -0.39 is 5.97 Å². The Balaban J connectivity index is 2.72. The van der Waals surface area contributed by atoms with Crippen molar-refractivity contribution in [3.8, 4) is 0 Å². The van der Waals surface area contributed by atoms with Crippen LogP contribution in [0.1, 0.15) is 18.2 Å². The smallest absolute Gasteiger partial charge is 0.304 e. The molecule has 0 saturated carbocycles. The van der Waals surface area contributed by atoms with Gasteiger partial charge in [-0.25, -0.2) is 0 Å². The molecule has 0 fully saturated rings. The van der Waals surface area contributed by atoms with Crippen LogP contribution >= 0.6 is 0 Å². The summed E-state index contributed by atoms with van der Waals surface area (Å²) in [5.74, 6) is -0.887. The summed E-state index contributed by atoms with van der Waals surface area (Å²) in [5, 5.41) is 19.7. The van der Waals surface area contributed by atoms with Crippen LogP contribution in [0.2, 0.25) is 0 Å². The van der Waals surface area contributed by atoms with Gasteiger partial charge in [-0.2, -0.15) is 4.80 Å². The highest BCUT2D eigenvalue weighted by molar-refractivity contribution is 5.67. The Labute approximate surface area is 74.5 Å². The van der Waals surface area contributed by atoms with Crippen LogP contribution in [0.4, 0.5) is 0 Å². The molecule has 13 heavy (non-hydrogen) atoms. The van der Waals surface area contributed by atoms with E-state index in [4.69, 9.17) is 10.8 Å². The quantitative estimate of drug-likeness (QED) is 0.605. The molecule has 7 heteroatoms. The first-order valence-corrected chi connectivity index (χ1v) is 3.79. The number of nitrogens with zero attached hydrogens (tertiary/aromatic N) is 4. The molecule has 0 aliphatic heterocycles. The number of aryl methyl sites for hydroxylation is 1. The van der Waals surface area contributed by atoms with Crippen LogP contribution in [0, 0.1) is 0 Å². The first-order chi connectivity index (χ1) is 6.13. The monoisotopic (exact) mass is 185 g/mol. The van der Waals surface area contributed by atoms with Crippen LogP contribution in [-0.2, 0) is 11.8 Å². The van der Waals surface area contributed by atoms with Crippen LogP contribution in [0.5, 0.6) is 0 Å². The van der Waals surface area contributed by atoms with Gasteiger partial charge < -0.3 is 10.8 Å². The van der Waals surface area contributed by atoms with Gasteiger partial charge in [0.2, 0.25) is 0 Å². The van der Waals surface area contributed by atoms with Gasteiger partial charge in [-0.1, -0.05) is 0 Å². The van der Waals surface area contributed by atoms with Crippen molar-refractivity contribution in [1.82, 2.24) is 20.2 Å². The summed E-state index contributed by atoms with van der Waals surface area (Å²) in [6, 6.07) is 0. The Bertz CT molecular complexity index is 297. The zero-order chi connectivity index (χ0) is 9.84. The van der Waals surface area contributed by atoms with Gasteiger partial charge in [0.05, 0.1) is 13.5 Å². The molecule has 3 N–H and O–H groups in total. The van der Waals surface area contributed by atoms with Crippen LogP contribution < -0.4 is 5.73 Å². The number of nitrogens with two attached hydrogens (primary N) is 1. The molecule has 0 radical (unpaired) electrons. The number of hydrogen-bond donors (Lipinski definition) is 2. The first kappa shape index (κ1) is 9.59. The molecule has 0 bridgehead atoms. The largest absolute Gasteiger partial charge is 0.481 e. The lowest BCUT2D eigenvalue weighted by Gasteiger charge is -2.05. The highest BCUT2D eigenvalue weighted by atomic mass is 16.4. The summed E-state index contributed by atoms with van der Waals surface area (Å²) >= 11 is 0. The van der Waals surface area contributed by atoms with Crippen molar-refractivity contribution in [3.63, 3.8) is 0 Å². The molecule has 1 aromatic heterocycles. The Morgan fingerprint density at radius 1 is 1.77 bits per heavy atom. The molecule has 0 aromatic carbocycles. The maximum atomic E-state index is 10.4. The molecule has 1 rings (SSSR count). The maximum Gasteiger partial charge on any atom is 0.304 e. The zero-order valence-corrected chi connectivity index (χ0v) is 7.21. The van der Waals surface area contributed by atoms with E-state index in [2.05, 4.69) is 15.4 Å². The summed E-state index contributed by atoms with van der Waals surface area (Å²) in [5.41, 5.74) is 5.38. The Morgan fingerprint density at radius 2 is 2.46 bits per heavy atom. The summed E-state index contributed by atoms with van der Waals surface area (Å²) in [6.45, 7) is 0.206. The van der Waals surface area contributed by atoms with Gasteiger partial charge in [0, 0.05) is 12.5 Å². The predicted octanol–water partition coefficient (Wildman–Crippen LogP) is -1.27. The SMILES string of the molecule is Cn1nnc(C(CN)CC(=O)O)n1. The third-order valence-electron chi connectivity index (χ3n) is 1.59. The van der Waals surface area contributed by atoms with Crippen molar-refractivity contribution in [2.45, 2.75) is 12.3 Å². The number of rotatable bonds is 4.